The Labute approximate surface area is 324 Å². The number of benzene rings is 4. The summed E-state index contributed by atoms with van der Waals surface area (Å²) in [6.45, 7) is 14.6. The molecule has 0 atom stereocenters. The van der Waals surface area contributed by atoms with E-state index in [9.17, 15) is 19.2 Å². The molecule has 10 nitrogen and oxygen atoms in total. The van der Waals surface area contributed by atoms with E-state index in [1.807, 2.05) is 27.7 Å². The van der Waals surface area contributed by atoms with Crippen LogP contribution in [0.2, 0.25) is 10.0 Å². The molecule has 0 unspecified atom stereocenters. The maximum atomic E-state index is 13.3. The zero-order valence-corrected chi connectivity index (χ0v) is 33.0. The van der Waals surface area contributed by atoms with Gasteiger partial charge in [0.2, 0.25) is 11.8 Å². The summed E-state index contributed by atoms with van der Waals surface area (Å²) in [5.41, 5.74) is 3.90. The predicted octanol–water partition coefficient (Wildman–Crippen LogP) is 9.65. The van der Waals surface area contributed by atoms with Crippen molar-refractivity contribution in [3.8, 4) is 11.4 Å². The molecule has 0 bridgehead atoms. The van der Waals surface area contributed by atoms with Gasteiger partial charge in [0.25, 0.3) is 11.1 Å². The van der Waals surface area contributed by atoms with E-state index >= 15 is 0 Å². The molecule has 0 spiro atoms. The third-order valence-electron chi connectivity index (χ3n) is 8.14. The number of carbonyl (C=O) groups is 2. The number of hydrogen-bond donors (Lipinski definition) is 2. The number of aromatic nitrogens is 4. The molecule has 0 saturated heterocycles. The molecule has 0 saturated carbocycles. The van der Waals surface area contributed by atoms with Gasteiger partial charge in [-0.25, -0.2) is 9.97 Å². The molecular weight excluding hydrogens is 779 g/mol. The van der Waals surface area contributed by atoms with Crippen molar-refractivity contribution in [1.82, 2.24) is 19.1 Å². The molecule has 0 aliphatic carbocycles. The lowest BCUT2D eigenvalue weighted by Crippen LogP contribution is -2.25. The molecule has 0 radical (unpaired) electrons. The van der Waals surface area contributed by atoms with Crippen molar-refractivity contribution >= 4 is 90.2 Å². The van der Waals surface area contributed by atoms with Gasteiger partial charge in [-0.15, -0.1) is 0 Å². The average molecular weight is 817 g/mol. The van der Waals surface area contributed by atoms with E-state index in [0.29, 0.717) is 76.3 Å². The van der Waals surface area contributed by atoms with Crippen LogP contribution in [0.15, 0.2) is 93.4 Å². The van der Waals surface area contributed by atoms with Gasteiger partial charge < -0.3 is 10.6 Å². The molecule has 6 rings (SSSR count). The van der Waals surface area contributed by atoms with E-state index in [1.54, 1.807) is 88.0 Å². The summed E-state index contributed by atoms with van der Waals surface area (Å²) in [5.74, 6) is 0.877. The number of anilines is 2. The highest BCUT2D eigenvalue weighted by Gasteiger charge is 2.20. The zero-order valence-electron chi connectivity index (χ0n) is 29.9. The largest absolute Gasteiger partial charge is 0.326 e. The van der Waals surface area contributed by atoms with Crippen LogP contribution in [-0.4, -0.2) is 30.9 Å². The lowest BCUT2D eigenvalue weighted by atomic mass is 10.1. The Bertz CT molecular complexity index is 2510. The number of rotatable bonds is 7. The first-order valence-corrected chi connectivity index (χ1v) is 18.2. The minimum Gasteiger partial charge on any atom is -0.326 e. The fourth-order valence-corrected chi connectivity index (χ4v) is 6.56. The van der Waals surface area contributed by atoms with Crippen LogP contribution in [0.4, 0.5) is 11.4 Å². The molecule has 2 heterocycles. The third-order valence-corrected chi connectivity index (χ3v) is 9.45. The van der Waals surface area contributed by atoms with Gasteiger partial charge in [-0.05, 0) is 88.7 Å². The second kappa shape index (κ2) is 16.3. The van der Waals surface area contributed by atoms with Crippen LogP contribution in [0.5, 0.6) is 0 Å². The molecule has 4 aromatic carbocycles. The Morgan fingerprint density at radius 3 is 1.49 bits per heavy atom. The van der Waals surface area contributed by atoms with Crippen molar-refractivity contribution in [1.29, 1.82) is 0 Å². The second-order valence-electron chi connectivity index (χ2n) is 12.8. The molecule has 272 valence electrons. The normalized spacial score (nSPS) is 11.1. The molecule has 6 aromatic rings. The van der Waals surface area contributed by atoms with Crippen LogP contribution < -0.4 is 21.8 Å². The van der Waals surface area contributed by atoms with E-state index < -0.39 is 0 Å². The number of halogens is 3. The van der Waals surface area contributed by atoms with Crippen molar-refractivity contribution in [2.45, 2.75) is 53.4 Å². The van der Waals surface area contributed by atoms with E-state index in [1.165, 1.54) is 13.8 Å². The number of nitrogens with zero attached hydrogens (tertiary/aromatic N) is 4. The van der Waals surface area contributed by atoms with Crippen molar-refractivity contribution in [2.75, 3.05) is 10.6 Å². The van der Waals surface area contributed by atoms with Gasteiger partial charge in [-0.2, -0.15) is 0 Å². The molecular formula is C40H37BrCl2N6O4. The van der Waals surface area contributed by atoms with Gasteiger partial charge in [-0.1, -0.05) is 63.6 Å². The fourth-order valence-electron chi connectivity index (χ4n) is 5.77. The molecule has 0 aliphatic heterocycles. The van der Waals surface area contributed by atoms with Crippen LogP contribution in [0.1, 0.15) is 70.6 Å². The molecule has 2 N–H and O–H groups in total. The molecule has 0 fully saturated rings. The Morgan fingerprint density at radius 1 is 0.679 bits per heavy atom. The van der Waals surface area contributed by atoms with E-state index in [0.717, 1.165) is 0 Å². The lowest BCUT2D eigenvalue weighted by molar-refractivity contribution is -0.115. The van der Waals surface area contributed by atoms with Gasteiger partial charge in [-0.3, -0.25) is 28.3 Å². The summed E-state index contributed by atoms with van der Waals surface area (Å²) in [6, 6.07) is 20.9. The summed E-state index contributed by atoms with van der Waals surface area (Å²) >= 11 is 15.4. The number of nitrogens with one attached hydrogen (secondary N) is 2. The highest BCUT2D eigenvalue weighted by molar-refractivity contribution is 9.10. The number of hydrogen-bond acceptors (Lipinski definition) is 6. The smallest absolute Gasteiger partial charge is 0.266 e. The van der Waals surface area contributed by atoms with E-state index in [4.69, 9.17) is 33.2 Å². The Hall–Kier alpha value is -5.10. The predicted molar refractivity (Wildman–Crippen MR) is 219 cm³/mol. The van der Waals surface area contributed by atoms with Gasteiger partial charge in [0.1, 0.15) is 11.6 Å². The first kappa shape index (κ1) is 39.1. The number of fused-ring (bicyclic) bond motifs is 2. The average Bonchev–Trinajstić information content (AvgIpc) is 3.10. The summed E-state index contributed by atoms with van der Waals surface area (Å²) in [6.07, 6.45) is 1.61. The highest BCUT2D eigenvalue weighted by atomic mass is 79.9. The summed E-state index contributed by atoms with van der Waals surface area (Å²) in [5, 5.41) is 7.62. The Kier molecular flexibility index (Phi) is 12.0. The molecule has 53 heavy (non-hydrogen) atoms. The van der Waals surface area contributed by atoms with E-state index in [2.05, 4.69) is 33.1 Å². The molecule has 2 aromatic heterocycles. The van der Waals surface area contributed by atoms with Crippen LogP contribution in [-0.2, 0) is 9.59 Å². The first-order valence-electron chi connectivity index (χ1n) is 16.7. The monoisotopic (exact) mass is 814 g/mol. The van der Waals surface area contributed by atoms with Crippen LogP contribution >= 0.6 is 39.1 Å². The van der Waals surface area contributed by atoms with Crippen LogP contribution in [0, 0.1) is 0 Å². The SMILES string of the molecule is C=Cc1c(NC(C)=O)ccc2c(=O)n(-c3ccc(Cl)cc3)c(C(C)C)nc12.CC(=O)Nc1ccc2c(=O)n(-c3ccc(Cl)cc3)c(C(C)C)nc2c1Br. The Balaban J connectivity index is 0.000000204. The standard InChI is InChI=1S/C21H20ClN3O2.C19H17BrClN3O2/c1-5-16-18(23-13(4)26)11-10-17-19(16)24-20(12(2)3)25(21(17)27)15-8-6-14(22)7-9-15;1-10(2)18-23-17-14(8-9-15(16(17)20)22-11(3)25)19(26)24(18)13-6-4-12(21)5-7-13/h5-12H,1H2,2-4H3,(H,23,26);4-10H,1-3H3,(H,22,25). The topological polar surface area (TPSA) is 128 Å². The zero-order chi connectivity index (χ0) is 38.7. The van der Waals surface area contributed by atoms with Gasteiger partial charge in [0, 0.05) is 41.3 Å². The summed E-state index contributed by atoms with van der Waals surface area (Å²) in [7, 11) is 0. The van der Waals surface area contributed by atoms with Gasteiger partial charge >= 0.3 is 0 Å². The van der Waals surface area contributed by atoms with E-state index in [-0.39, 0.29) is 34.8 Å². The maximum absolute atomic E-state index is 13.3. The minimum atomic E-state index is -0.198. The molecule has 13 heteroatoms. The lowest BCUT2D eigenvalue weighted by Gasteiger charge is -2.18. The second-order valence-corrected chi connectivity index (χ2v) is 14.5. The van der Waals surface area contributed by atoms with Crippen molar-refractivity contribution in [3.05, 3.63) is 132 Å². The maximum Gasteiger partial charge on any atom is 0.266 e. The quantitative estimate of drug-likeness (QED) is 0.165. The summed E-state index contributed by atoms with van der Waals surface area (Å²) in [4.78, 5) is 58.9. The van der Waals surface area contributed by atoms with Crippen LogP contribution in [0.25, 0.3) is 39.3 Å². The fraction of sp³-hybridized carbons (Fsp3) is 0.200. The molecule has 2 amide bonds. The number of amides is 2. The first-order chi connectivity index (χ1) is 25.1. The van der Waals surface area contributed by atoms with Crippen LogP contribution in [0.3, 0.4) is 0 Å². The van der Waals surface area contributed by atoms with Crippen molar-refractivity contribution < 1.29 is 9.59 Å². The number of carbonyl (C=O) groups excluding carboxylic acids is 2. The van der Waals surface area contributed by atoms with Gasteiger partial charge in [0.15, 0.2) is 0 Å². The minimum absolute atomic E-state index is 0.000124. The summed E-state index contributed by atoms with van der Waals surface area (Å²) < 4.78 is 3.80. The third kappa shape index (κ3) is 8.27. The Morgan fingerprint density at radius 2 is 1.08 bits per heavy atom. The van der Waals surface area contributed by atoms with Gasteiger partial charge in [0.05, 0.1) is 49.0 Å². The van der Waals surface area contributed by atoms with Crippen molar-refractivity contribution in [3.63, 3.8) is 0 Å². The molecule has 0 aliphatic rings. The highest BCUT2D eigenvalue weighted by Crippen LogP contribution is 2.31. The van der Waals surface area contributed by atoms with Crippen molar-refractivity contribution in [2.24, 2.45) is 0 Å².